The summed E-state index contributed by atoms with van der Waals surface area (Å²) in [5.41, 5.74) is 2.01. The van der Waals surface area contributed by atoms with Crippen molar-refractivity contribution in [3.63, 3.8) is 0 Å². The minimum Gasteiger partial charge on any atom is -0.348 e. The molecule has 7 heteroatoms. The molecule has 1 saturated heterocycles. The summed E-state index contributed by atoms with van der Waals surface area (Å²) < 4.78 is 0. The Hall–Kier alpha value is -1.79. The number of piperidine rings is 1. The number of rotatable bonds is 3. The molecule has 1 heterocycles. The third kappa shape index (κ3) is 5.41. The molecule has 1 aromatic rings. The number of nitrogens with one attached hydrogen (secondary N) is 3. The molecule has 2 rings (SSSR count). The number of anilines is 1. The van der Waals surface area contributed by atoms with E-state index in [-0.39, 0.29) is 30.4 Å². The maximum absolute atomic E-state index is 12.5. The highest BCUT2D eigenvalue weighted by atomic mass is 35.5. The Labute approximate surface area is 143 Å². The normalized spacial score (nSPS) is 16.9. The highest BCUT2D eigenvalue weighted by Gasteiger charge is 2.19. The number of halogens is 1. The molecule has 0 saturated carbocycles. The average Bonchev–Trinajstić information content (AvgIpc) is 2.49. The van der Waals surface area contributed by atoms with Crippen LogP contribution in [0.4, 0.5) is 10.5 Å². The Kier molecular flexibility index (Phi) is 7.32. The first kappa shape index (κ1) is 19.3. The van der Waals surface area contributed by atoms with Crippen LogP contribution in [0, 0.1) is 6.92 Å². The van der Waals surface area contributed by atoms with Crippen molar-refractivity contribution >= 4 is 30.0 Å². The summed E-state index contributed by atoms with van der Waals surface area (Å²) in [6.07, 6.45) is 2.03. The molecule has 128 valence electrons. The summed E-state index contributed by atoms with van der Waals surface area (Å²) >= 11 is 0. The molecule has 0 radical (unpaired) electrons. The minimum absolute atomic E-state index is 0. The van der Waals surface area contributed by atoms with Gasteiger partial charge in [-0.25, -0.2) is 4.79 Å². The van der Waals surface area contributed by atoms with E-state index in [1.807, 2.05) is 13.0 Å². The monoisotopic (exact) mass is 340 g/mol. The van der Waals surface area contributed by atoms with Gasteiger partial charge >= 0.3 is 6.03 Å². The zero-order valence-electron chi connectivity index (χ0n) is 13.8. The van der Waals surface area contributed by atoms with Crippen LogP contribution in [0.5, 0.6) is 0 Å². The van der Waals surface area contributed by atoms with Crippen LogP contribution in [-0.4, -0.2) is 50.1 Å². The summed E-state index contributed by atoms with van der Waals surface area (Å²) in [5, 5.41) is 9.08. The van der Waals surface area contributed by atoms with Gasteiger partial charge in [0.2, 0.25) is 0 Å². The van der Waals surface area contributed by atoms with E-state index < -0.39 is 0 Å². The minimum atomic E-state index is -0.253. The van der Waals surface area contributed by atoms with Crippen molar-refractivity contribution in [2.24, 2.45) is 0 Å². The molecule has 3 amide bonds. The number of carbonyl (C=O) groups is 2. The van der Waals surface area contributed by atoms with E-state index in [9.17, 15) is 9.59 Å². The van der Waals surface area contributed by atoms with Crippen molar-refractivity contribution in [2.75, 3.05) is 32.5 Å². The first-order chi connectivity index (χ1) is 10.5. The fourth-order valence-corrected chi connectivity index (χ4v) is 2.42. The van der Waals surface area contributed by atoms with E-state index in [2.05, 4.69) is 16.0 Å². The summed E-state index contributed by atoms with van der Waals surface area (Å²) in [6.45, 7) is 3.72. The predicted octanol–water partition coefficient (Wildman–Crippen LogP) is 1.99. The van der Waals surface area contributed by atoms with Crippen LogP contribution in [0.25, 0.3) is 0 Å². The second-order valence-corrected chi connectivity index (χ2v) is 5.89. The molecule has 1 aromatic carbocycles. The molecule has 0 aliphatic carbocycles. The highest BCUT2D eigenvalue weighted by molar-refractivity contribution is 6.03. The predicted molar refractivity (Wildman–Crippen MR) is 94.5 cm³/mol. The summed E-state index contributed by atoms with van der Waals surface area (Å²) in [7, 11) is 3.33. The van der Waals surface area contributed by atoms with Crippen LogP contribution >= 0.6 is 12.4 Å². The van der Waals surface area contributed by atoms with Gasteiger partial charge in [-0.1, -0.05) is 11.6 Å². The maximum Gasteiger partial charge on any atom is 0.321 e. The second-order valence-electron chi connectivity index (χ2n) is 5.89. The Morgan fingerprint density at radius 3 is 2.65 bits per heavy atom. The van der Waals surface area contributed by atoms with Crippen LogP contribution < -0.4 is 16.0 Å². The van der Waals surface area contributed by atoms with Crippen molar-refractivity contribution in [2.45, 2.75) is 25.8 Å². The van der Waals surface area contributed by atoms with E-state index >= 15 is 0 Å². The molecule has 23 heavy (non-hydrogen) atoms. The van der Waals surface area contributed by atoms with E-state index in [4.69, 9.17) is 0 Å². The Morgan fingerprint density at radius 1 is 1.30 bits per heavy atom. The third-order valence-electron chi connectivity index (χ3n) is 3.70. The molecular formula is C16H25ClN4O2. The van der Waals surface area contributed by atoms with E-state index in [0.29, 0.717) is 11.3 Å². The van der Waals surface area contributed by atoms with Crippen LogP contribution in [0.2, 0.25) is 0 Å². The standard InChI is InChI=1S/C16H24N4O2.ClH/c1-11-6-7-14(19-16(22)20(2)3)13(9-11)15(21)18-12-5-4-8-17-10-12;/h6-7,9,12,17H,4-5,8,10H2,1-3H3,(H,18,21)(H,19,22);1H/t12-;/m0./s1. The van der Waals surface area contributed by atoms with Crippen molar-refractivity contribution < 1.29 is 9.59 Å². The molecular weight excluding hydrogens is 316 g/mol. The van der Waals surface area contributed by atoms with E-state index in [1.165, 1.54) is 4.90 Å². The summed E-state index contributed by atoms with van der Waals surface area (Å²) in [4.78, 5) is 25.8. The smallest absolute Gasteiger partial charge is 0.321 e. The number of benzene rings is 1. The number of hydrogen-bond donors (Lipinski definition) is 3. The number of hydrogen-bond acceptors (Lipinski definition) is 3. The molecule has 1 aliphatic rings. The lowest BCUT2D eigenvalue weighted by Crippen LogP contribution is -2.45. The van der Waals surface area contributed by atoms with Crippen LogP contribution in [-0.2, 0) is 0 Å². The Balaban J connectivity index is 0.00000264. The first-order valence-electron chi connectivity index (χ1n) is 7.58. The molecule has 3 N–H and O–H groups in total. The number of urea groups is 1. The lowest BCUT2D eigenvalue weighted by molar-refractivity contribution is 0.0931. The van der Waals surface area contributed by atoms with Crippen molar-refractivity contribution in [1.29, 1.82) is 0 Å². The molecule has 6 nitrogen and oxygen atoms in total. The van der Waals surface area contributed by atoms with Crippen LogP contribution in [0.3, 0.4) is 0 Å². The lowest BCUT2D eigenvalue weighted by atomic mass is 10.1. The van der Waals surface area contributed by atoms with E-state index in [1.54, 1.807) is 26.2 Å². The number of aryl methyl sites for hydroxylation is 1. The first-order valence-corrected chi connectivity index (χ1v) is 7.58. The second kappa shape index (κ2) is 8.74. The SMILES string of the molecule is Cc1ccc(NC(=O)N(C)C)c(C(=O)N[C@H]2CCCNC2)c1.Cl. The van der Waals surface area contributed by atoms with Gasteiger partial charge in [-0.2, -0.15) is 0 Å². The van der Waals surface area contributed by atoms with Gasteiger partial charge in [0.1, 0.15) is 0 Å². The quantitative estimate of drug-likeness (QED) is 0.788. The Morgan fingerprint density at radius 2 is 2.04 bits per heavy atom. The van der Waals surface area contributed by atoms with Crippen LogP contribution in [0.1, 0.15) is 28.8 Å². The van der Waals surface area contributed by atoms with E-state index in [0.717, 1.165) is 31.5 Å². The topological polar surface area (TPSA) is 73.5 Å². The Bertz CT molecular complexity index is 557. The van der Waals surface area contributed by atoms with Gasteiger partial charge in [0, 0.05) is 26.7 Å². The number of nitrogens with zero attached hydrogens (tertiary/aromatic N) is 1. The number of amides is 3. The molecule has 1 aliphatic heterocycles. The summed E-state index contributed by atoms with van der Waals surface area (Å²) in [6, 6.07) is 5.34. The molecule has 0 spiro atoms. The van der Waals surface area contributed by atoms with Crippen molar-refractivity contribution in [1.82, 2.24) is 15.5 Å². The molecule has 0 unspecified atom stereocenters. The highest BCUT2D eigenvalue weighted by Crippen LogP contribution is 2.18. The van der Waals surface area contributed by atoms with Gasteiger partial charge in [-0.3, -0.25) is 4.79 Å². The van der Waals surface area contributed by atoms with Gasteiger partial charge in [-0.05, 0) is 38.4 Å². The largest absolute Gasteiger partial charge is 0.348 e. The van der Waals surface area contributed by atoms with Gasteiger partial charge in [0.15, 0.2) is 0 Å². The molecule has 1 fully saturated rings. The van der Waals surface area contributed by atoms with Crippen molar-refractivity contribution in [3.8, 4) is 0 Å². The average molecular weight is 341 g/mol. The maximum atomic E-state index is 12.5. The lowest BCUT2D eigenvalue weighted by Gasteiger charge is -2.24. The van der Waals surface area contributed by atoms with Crippen molar-refractivity contribution in [3.05, 3.63) is 29.3 Å². The van der Waals surface area contributed by atoms with Gasteiger partial charge in [0.05, 0.1) is 11.3 Å². The third-order valence-corrected chi connectivity index (χ3v) is 3.70. The fourth-order valence-electron chi connectivity index (χ4n) is 2.42. The van der Waals surface area contributed by atoms with Crippen LogP contribution in [0.15, 0.2) is 18.2 Å². The fraction of sp³-hybridized carbons (Fsp3) is 0.500. The summed E-state index contributed by atoms with van der Waals surface area (Å²) in [5.74, 6) is -0.147. The molecule has 1 atom stereocenters. The van der Waals surface area contributed by atoms with Gasteiger partial charge < -0.3 is 20.9 Å². The zero-order chi connectivity index (χ0) is 16.1. The zero-order valence-corrected chi connectivity index (χ0v) is 14.6. The van der Waals surface area contributed by atoms with Gasteiger partial charge in [0.25, 0.3) is 5.91 Å². The van der Waals surface area contributed by atoms with Gasteiger partial charge in [-0.15, -0.1) is 12.4 Å². The molecule has 0 aromatic heterocycles. The molecule has 0 bridgehead atoms. The number of carbonyl (C=O) groups excluding carboxylic acids is 2.